The van der Waals surface area contributed by atoms with E-state index in [2.05, 4.69) is 15.2 Å². The van der Waals surface area contributed by atoms with Gasteiger partial charge in [0.2, 0.25) is 5.43 Å². The van der Waals surface area contributed by atoms with Gasteiger partial charge in [0.25, 0.3) is 5.91 Å². The number of nitrogens with one attached hydrogen (secondary N) is 2. The van der Waals surface area contributed by atoms with Crippen LogP contribution in [0.2, 0.25) is 0 Å². The molecule has 0 bridgehead atoms. The van der Waals surface area contributed by atoms with Gasteiger partial charge in [-0.1, -0.05) is 0 Å². The Morgan fingerprint density at radius 2 is 2.13 bits per heavy atom. The molecule has 0 spiro atoms. The maximum Gasteiger partial charge on any atom is 0.270 e. The smallest absolute Gasteiger partial charge is 0.270 e. The number of carbonyl (C=O) groups excluding carboxylic acids is 1. The second-order valence-electron chi connectivity index (χ2n) is 5.52. The molecule has 2 aromatic heterocycles. The number of aryl methyl sites for hydroxylation is 2. The normalized spacial score (nSPS) is 10.6. The van der Waals surface area contributed by atoms with E-state index in [-0.39, 0.29) is 22.8 Å². The molecule has 0 aliphatic carbocycles. The molecule has 0 aliphatic rings. The Morgan fingerprint density at radius 3 is 2.70 bits per heavy atom. The average Bonchev–Trinajstić information content (AvgIpc) is 2.85. The summed E-state index contributed by atoms with van der Waals surface area (Å²) in [4.78, 5) is 28.4. The molecule has 0 unspecified atom stereocenters. The number of rotatable bonds is 6. The fourth-order valence-electron chi connectivity index (χ4n) is 2.48. The number of aromatic nitrogens is 3. The standard InChI is InChI=1S/C16H22N4O3/c1-10-12(11(2)19-18-10)6-5-7-20(3)16(22)13-8-14(21)15(23-4)9-17-13/h8-9H,5-7H2,1-4H3,(H,17,21)(H,18,19). The van der Waals surface area contributed by atoms with Crippen molar-refractivity contribution in [3.05, 3.63) is 45.1 Å². The fraction of sp³-hybridized carbons (Fsp3) is 0.438. The van der Waals surface area contributed by atoms with Crippen molar-refractivity contribution in [1.82, 2.24) is 20.1 Å². The van der Waals surface area contributed by atoms with Crippen molar-refractivity contribution >= 4 is 5.91 Å². The first kappa shape index (κ1) is 16.8. The van der Waals surface area contributed by atoms with E-state index < -0.39 is 0 Å². The highest BCUT2D eigenvalue weighted by atomic mass is 16.5. The van der Waals surface area contributed by atoms with Crippen LogP contribution in [0.5, 0.6) is 5.75 Å². The first-order valence-electron chi connectivity index (χ1n) is 7.46. The first-order chi connectivity index (χ1) is 10.9. The molecule has 7 nitrogen and oxygen atoms in total. The van der Waals surface area contributed by atoms with Gasteiger partial charge in [0.1, 0.15) is 5.69 Å². The van der Waals surface area contributed by atoms with Gasteiger partial charge >= 0.3 is 0 Å². The van der Waals surface area contributed by atoms with Gasteiger partial charge in [0.15, 0.2) is 5.75 Å². The number of nitrogens with zero attached hydrogens (tertiary/aromatic N) is 2. The maximum absolute atomic E-state index is 12.3. The van der Waals surface area contributed by atoms with E-state index in [9.17, 15) is 9.59 Å². The summed E-state index contributed by atoms with van der Waals surface area (Å²) in [5.41, 5.74) is 3.21. The molecule has 2 heterocycles. The summed E-state index contributed by atoms with van der Waals surface area (Å²) < 4.78 is 4.89. The van der Waals surface area contributed by atoms with Crippen LogP contribution in [0.15, 0.2) is 17.1 Å². The Kier molecular flexibility index (Phi) is 5.20. The van der Waals surface area contributed by atoms with Crippen molar-refractivity contribution in [1.29, 1.82) is 0 Å². The lowest BCUT2D eigenvalue weighted by Gasteiger charge is -2.17. The number of hydrogen-bond donors (Lipinski definition) is 2. The number of ether oxygens (including phenoxy) is 1. The molecular formula is C16H22N4O3. The second-order valence-corrected chi connectivity index (χ2v) is 5.52. The first-order valence-corrected chi connectivity index (χ1v) is 7.46. The molecule has 0 aromatic carbocycles. The number of methoxy groups -OCH3 is 1. The monoisotopic (exact) mass is 318 g/mol. The third-order valence-electron chi connectivity index (χ3n) is 3.88. The summed E-state index contributed by atoms with van der Waals surface area (Å²) >= 11 is 0. The van der Waals surface area contributed by atoms with Crippen molar-refractivity contribution in [2.75, 3.05) is 20.7 Å². The summed E-state index contributed by atoms with van der Waals surface area (Å²) in [5, 5.41) is 7.12. The highest BCUT2D eigenvalue weighted by molar-refractivity contribution is 5.92. The van der Waals surface area contributed by atoms with Gasteiger partial charge in [0, 0.05) is 31.5 Å². The van der Waals surface area contributed by atoms with Crippen LogP contribution in [-0.2, 0) is 6.42 Å². The molecule has 124 valence electrons. The van der Waals surface area contributed by atoms with E-state index in [4.69, 9.17) is 4.74 Å². The van der Waals surface area contributed by atoms with E-state index in [0.29, 0.717) is 6.54 Å². The summed E-state index contributed by atoms with van der Waals surface area (Å²) in [7, 11) is 3.14. The van der Waals surface area contributed by atoms with Gasteiger partial charge in [-0.05, 0) is 32.3 Å². The molecule has 0 saturated heterocycles. The van der Waals surface area contributed by atoms with E-state index in [0.717, 1.165) is 24.2 Å². The SMILES string of the molecule is COc1c[nH]c(C(=O)N(C)CCCc2c(C)n[nH]c2C)cc1=O. The molecule has 1 amide bonds. The van der Waals surface area contributed by atoms with Crippen LogP contribution in [0.1, 0.15) is 33.9 Å². The van der Waals surface area contributed by atoms with Crippen LogP contribution in [0.25, 0.3) is 0 Å². The molecule has 0 atom stereocenters. The summed E-state index contributed by atoms with van der Waals surface area (Å²) in [5.74, 6) is -0.0273. The van der Waals surface area contributed by atoms with Crippen LogP contribution >= 0.6 is 0 Å². The van der Waals surface area contributed by atoms with Crippen LogP contribution in [0, 0.1) is 13.8 Å². The van der Waals surface area contributed by atoms with Gasteiger partial charge in [-0.3, -0.25) is 14.7 Å². The quantitative estimate of drug-likeness (QED) is 0.843. The number of carbonyl (C=O) groups is 1. The predicted octanol–water partition coefficient (Wildman–Crippen LogP) is 1.43. The zero-order chi connectivity index (χ0) is 17.0. The maximum atomic E-state index is 12.3. The predicted molar refractivity (Wildman–Crippen MR) is 87.0 cm³/mol. The number of hydrogen-bond acceptors (Lipinski definition) is 4. The fourth-order valence-corrected chi connectivity index (χ4v) is 2.48. The number of pyridine rings is 1. The Labute approximate surface area is 134 Å². The molecular weight excluding hydrogens is 296 g/mol. The third-order valence-corrected chi connectivity index (χ3v) is 3.88. The Balaban J connectivity index is 1.95. The lowest BCUT2D eigenvalue weighted by molar-refractivity contribution is 0.0787. The molecule has 0 fully saturated rings. The largest absolute Gasteiger partial charge is 0.491 e. The summed E-state index contributed by atoms with van der Waals surface area (Å²) in [6.07, 6.45) is 3.08. The van der Waals surface area contributed by atoms with Gasteiger partial charge in [-0.25, -0.2) is 0 Å². The molecule has 2 aromatic rings. The van der Waals surface area contributed by atoms with Gasteiger partial charge in [0.05, 0.1) is 12.8 Å². The minimum atomic E-state index is -0.312. The van der Waals surface area contributed by atoms with E-state index in [1.807, 2.05) is 13.8 Å². The summed E-state index contributed by atoms with van der Waals surface area (Å²) in [6, 6.07) is 1.27. The van der Waals surface area contributed by atoms with Crippen molar-refractivity contribution in [2.45, 2.75) is 26.7 Å². The second kappa shape index (κ2) is 7.13. The lowest BCUT2D eigenvalue weighted by atomic mass is 10.1. The minimum absolute atomic E-state index is 0.190. The van der Waals surface area contributed by atoms with Gasteiger partial charge in [-0.2, -0.15) is 5.10 Å². The van der Waals surface area contributed by atoms with Crippen LogP contribution < -0.4 is 10.2 Å². The van der Waals surface area contributed by atoms with Crippen LogP contribution in [0.3, 0.4) is 0 Å². The number of aromatic amines is 2. The van der Waals surface area contributed by atoms with E-state index in [1.165, 1.54) is 24.9 Å². The average molecular weight is 318 g/mol. The van der Waals surface area contributed by atoms with Crippen molar-refractivity contribution in [3.8, 4) is 5.75 Å². The van der Waals surface area contributed by atoms with Crippen LogP contribution in [0.4, 0.5) is 0 Å². The van der Waals surface area contributed by atoms with Crippen molar-refractivity contribution in [2.24, 2.45) is 0 Å². The zero-order valence-electron chi connectivity index (χ0n) is 13.9. The van der Waals surface area contributed by atoms with Crippen LogP contribution in [-0.4, -0.2) is 46.7 Å². The third kappa shape index (κ3) is 3.80. The Morgan fingerprint density at radius 1 is 1.39 bits per heavy atom. The van der Waals surface area contributed by atoms with E-state index >= 15 is 0 Å². The molecule has 0 saturated carbocycles. The zero-order valence-corrected chi connectivity index (χ0v) is 13.9. The van der Waals surface area contributed by atoms with Gasteiger partial charge < -0.3 is 14.6 Å². The molecule has 0 aliphatic heterocycles. The molecule has 2 rings (SSSR count). The van der Waals surface area contributed by atoms with Gasteiger partial charge in [-0.15, -0.1) is 0 Å². The summed E-state index contributed by atoms with van der Waals surface area (Å²) in [6.45, 7) is 4.55. The highest BCUT2D eigenvalue weighted by Crippen LogP contribution is 2.12. The minimum Gasteiger partial charge on any atom is -0.491 e. The molecule has 7 heteroatoms. The lowest BCUT2D eigenvalue weighted by Crippen LogP contribution is -2.29. The molecule has 0 radical (unpaired) electrons. The van der Waals surface area contributed by atoms with Crippen molar-refractivity contribution < 1.29 is 9.53 Å². The Hall–Kier alpha value is -2.57. The molecule has 2 N–H and O–H groups in total. The van der Waals surface area contributed by atoms with E-state index in [1.54, 1.807) is 11.9 Å². The molecule has 23 heavy (non-hydrogen) atoms. The Bertz CT molecular complexity index is 729. The topological polar surface area (TPSA) is 91.1 Å². The highest BCUT2D eigenvalue weighted by Gasteiger charge is 2.14. The van der Waals surface area contributed by atoms with Crippen molar-refractivity contribution in [3.63, 3.8) is 0 Å². The number of H-pyrrole nitrogens is 2. The number of amides is 1.